The van der Waals surface area contributed by atoms with Crippen molar-refractivity contribution in [1.82, 2.24) is 4.98 Å². The molecule has 0 fully saturated rings. The summed E-state index contributed by atoms with van der Waals surface area (Å²) in [4.78, 5) is 5.64. The number of aromatic nitrogens is 1. The molecule has 0 saturated heterocycles. The molecular formula is C11H11NS. The highest BCUT2D eigenvalue weighted by Gasteiger charge is 2.04. The van der Waals surface area contributed by atoms with Crippen LogP contribution in [0, 0.1) is 0 Å². The summed E-state index contributed by atoms with van der Waals surface area (Å²) in [6.07, 6.45) is 1.01. The van der Waals surface area contributed by atoms with E-state index >= 15 is 0 Å². The molecule has 0 aliphatic carbocycles. The first-order chi connectivity index (χ1) is 6.42. The Hall–Kier alpha value is -1.15. The quantitative estimate of drug-likeness (QED) is 0.705. The van der Waals surface area contributed by atoms with E-state index in [0.29, 0.717) is 0 Å². The van der Waals surface area contributed by atoms with Crippen molar-refractivity contribution in [2.75, 3.05) is 0 Å². The van der Waals surface area contributed by atoms with E-state index in [1.54, 1.807) is 11.3 Å². The standard InChI is InChI=1S/C11H11NS/c1-2-10-11(13-8-12-10)9-6-4-3-5-7-9/h3-8H,2H2,1H3. The van der Waals surface area contributed by atoms with Crippen molar-refractivity contribution in [2.45, 2.75) is 13.3 Å². The number of rotatable bonds is 2. The number of aryl methyl sites for hydroxylation is 1. The van der Waals surface area contributed by atoms with Crippen molar-refractivity contribution in [3.8, 4) is 10.4 Å². The van der Waals surface area contributed by atoms with Crippen molar-refractivity contribution in [3.63, 3.8) is 0 Å². The zero-order chi connectivity index (χ0) is 9.10. The molecule has 1 aromatic heterocycles. The molecule has 0 atom stereocenters. The van der Waals surface area contributed by atoms with Crippen LogP contribution in [0.4, 0.5) is 0 Å². The number of benzene rings is 1. The molecule has 0 unspecified atom stereocenters. The summed E-state index contributed by atoms with van der Waals surface area (Å²) in [6, 6.07) is 10.4. The van der Waals surface area contributed by atoms with Crippen LogP contribution in [0.1, 0.15) is 12.6 Å². The zero-order valence-corrected chi connectivity index (χ0v) is 8.34. The summed E-state index contributed by atoms with van der Waals surface area (Å²) in [5.41, 5.74) is 4.40. The van der Waals surface area contributed by atoms with Crippen molar-refractivity contribution in [3.05, 3.63) is 41.5 Å². The molecule has 2 aromatic rings. The lowest BCUT2D eigenvalue weighted by molar-refractivity contribution is 1.07. The van der Waals surface area contributed by atoms with Crippen LogP contribution in [0.5, 0.6) is 0 Å². The Morgan fingerprint density at radius 2 is 2.00 bits per heavy atom. The molecule has 66 valence electrons. The smallest absolute Gasteiger partial charge is 0.0801 e. The second-order valence-corrected chi connectivity index (χ2v) is 3.70. The number of thiazole rings is 1. The van der Waals surface area contributed by atoms with Gasteiger partial charge in [-0.1, -0.05) is 37.3 Å². The molecular weight excluding hydrogens is 178 g/mol. The van der Waals surface area contributed by atoms with Gasteiger partial charge in [-0.3, -0.25) is 0 Å². The average molecular weight is 189 g/mol. The van der Waals surface area contributed by atoms with Gasteiger partial charge in [-0.2, -0.15) is 0 Å². The first kappa shape index (κ1) is 8.45. The van der Waals surface area contributed by atoms with Crippen LogP contribution >= 0.6 is 11.3 Å². The van der Waals surface area contributed by atoms with Crippen LogP contribution in [0.2, 0.25) is 0 Å². The van der Waals surface area contributed by atoms with E-state index in [4.69, 9.17) is 0 Å². The summed E-state index contributed by atoms with van der Waals surface area (Å²) in [7, 11) is 0. The van der Waals surface area contributed by atoms with Gasteiger partial charge < -0.3 is 0 Å². The predicted octanol–water partition coefficient (Wildman–Crippen LogP) is 3.37. The Bertz CT molecular complexity index is 378. The third-order valence-electron chi connectivity index (χ3n) is 2.01. The van der Waals surface area contributed by atoms with Crippen molar-refractivity contribution in [2.24, 2.45) is 0 Å². The number of hydrogen-bond acceptors (Lipinski definition) is 2. The summed E-state index contributed by atoms with van der Waals surface area (Å²) in [5, 5.41) is 0. The van der Waals surface area contributed by atoms with Gasteiger partial charge in [0.2, 0.25) is 0 Å². The molecule has 1 heterocycles. The SMILES string of the molecule is CCc1ncsc1-c1ccccc1. The second kappa shape index (κ2) is 3.71. The summed E-state index contributed by atoms with van der Waals surface area (Å²) in [5.74, 6) is 0. The molecule has 0 saturated carbocycles. The molecule has 13 heavy (non-hydrogen) atoms. The lowest BCUT2D eigenvalue weighted by Crippen LogP contribution is -1.82. The maximum absolute atomic E-state index is 4.33. The fraction of sp³-hybridized carbons (Fsp3) is 0.182. The third kappa shape index (κ3) is 1.63. The maximum Gasteiger partial charge on any atom is 0.0801 e. The van der Waals surface area contributed by atoms with E-state index in [9.17, 15) is 0 Å². The van der Waals surface area contributed by atoms with Crippen LogP contribution in [0.25, 0.3) is 10.4 Å². The van der Waals surface area contributed by atoms with Gasteiger partial charge in [0.15, 0.2) is 0 Å². The van der Waals surface area contributed by atoms with Crippen LogP contribution in [0.3, 0.4) is 0 Å². The third-order valence-corrected chi connectivity index (χ3v) is 2.93. The van der Waals surface area contributed by atoms with Crippen LogP contribution in [-0.2, 0) is 6.42 Å². The minimum atomic E-state index is 1.01. The van der Waals surface area contributed by atoms with E-state index in [1.165, 1.54) is 16.1 Å². The van der Waals surface area contributed by atoms with Crippen LogP contribution in [0.15, 0.2) is 35.8 Å². The first-order valence-corrected chi connectivity index (χ1v) is 5.27. The largest absolute Gasteiger partial charge is 0.249 e. The maximum atomic E-state index is 4.33. The first-order valence-electron chi connectivity index (χ1n) is 4.39. The molecule has 0 aliphatic heterocycles. The molecule has 2 heteroatoms. The molecule has 0 bridgehead atoms. The molecule has 0 radical (unpaired) electrons. The van der Waals surface area contributed by atoms with Crippen molar-refractivity contribution < 1.29 is 0 Å². The number of nitrogens with zero attached hydrogens (tertiary/aromatic N) is 1. The van der Waals surface area contributed by atoms with Crippen molar-refractivity contribution in [1.29, 1.82) is 0 Å². The molecule has 2 rings (SSSR count). The van der Waals surface area contributed by atoms with Gasteiger partial charge in [-0.25, -0.2) is 4.98 Å². The highest BCUT2D eigenvalue weighted by Crippen LogP contribution is 2.27. The molecule has 1 nitrogen and oxygen atoms in total. The van der Waals surface area contributed by atoms with E-state index in [0.717, 1.165) is 6.42 Å². The van der Waals surface area contributed by atoms with Crippen LogP contribution in [-0.4, -0.2) is 4.98 Å². The minimum absolute atomic E-state index is 1.01. The Morgan fingerprint density at radius 3 is 2.69 bits per heavy atom. The number of hydrogen-bond donors (Lipinski definition) is 0. The highest BCUT2D eigenvalue weighted by molar-refractivity contribution is 7.13. The molecule has 0 aliphatic rings. The fourth-order valence-electron chi connectivity index (χ4n) is 1.35. The van der Waals surface area contributed by atoms with Crippen molar-refractivity contribution >= 4 is 11.3 Å². The topological polar surface area (TPSA) is 12.9 Å². The van der Waals surface area contributed by atoms with E-state index < -0.39 is 0 Å². The predicted molar refractivity (Wildman–Crippen MR) is 56.9 cm³/mol. The van der Waals surface area contributed by atoms with Gasteiger partial charge >= 0.3 is 0 Å². The average Bonchev–Trinajstić information content (AvgIpc) is 2.67. The summed E-state index contributed by atoms with van der Waals surface area (Å²) in [6.45, 7) is 2.14. The minimum Gasteiger partial charge on any atom is -0.249 e. The van der Waals surface area contributed by atoms with Crippen LogP contribution < -0.4 is 0 Å². The lowest BCUT2D eigenvalue weighted by Gasteiger charge is -1.98. The Balaban J connectivity index is 2.47. The van der Waals surface area contributed by atoms with Gasteiger partial charge in [0.05, 0.1) is 16.1 Å². The van der Waals surface area contributed by atoms with E-state index in [2.05, 4.69) is 36.2 Å². The van der Waals surface area contributed by atoms with Gasteiger partial charge in [0, 0.05) is 0 Å². The van der Waals surface area contributed by atoms with Gasteiger partial charge in [-0.15, -0.1) is 11.3 Å². The van der Waals surface area contributed by atoms with E-state index in [-0.39, 0.29) is 0 Å². The highest BCUT2D eigenvalue weighted by atomic mass is 32.1. The second-order valence-electron chi connectivity index (χ2n) is 2.85. The normalized spacial score (nSPS) is 10.2. The Labute approximate surface area is 82.1 Å². The fourth-order valence-corrected chi connectivity index (χ4v) is 2.24. The molecule has 0 N–H and O–H groups in total. The zero-order valence-electron chi connectivity index (χ0n) is 7.53. The Morgan fingerprint density at radius 1 is 1.23 bits per heavy atom. The lowest BCUT2D eigenvalue weighted by atomic mass is 10.1. The monoisotopic (exact) mass is 189 g/mol. The Kier molecular flexibility index (Phi) is 2.41. The summed E-state index contributed by atoms with van der Waals surface area (Å²) < 4.78 is 0. The molecule has 0 amide bonds. The van der Waals surface area contributed by atoms with E-state index in [1.807, 2.05) is 11.6 Å². The molecule has 0 spiro atoms. The summed E-state index contributed by atoms with van der Waals surface area (Å²) >= 11 is 1.72. The van der Waals surface area contributed by atoms with Gasteiger partial charge in [-0.05, 0) is 12.0 Å². The van der Waals surface area contributed by atoms with Gasteiger partial charge in [0.1, 0.15) is 0 Å². The van der Waals surface area contributed by atoms with Gasteiger partial charge in [0.25, 0.3) is 0 Å². The molecule has 1 aromatic carbocycles.